The van der Waals surface area contributed by atoms with E-state index in [1.807, 2.05) is 6.07 Å². The zero-order chi connectivity index (χ0) is 41.9. The van der Waals surface area contributed by atoms with E-state index in [1.54, 1.807) is 61.1 Å². The second-order valence-electron chi connectivity index (χ2n) is 13.8. The van der Waals surface area contributed by atoms with E-state index < -0.39 is 11.9 Å². The molecule has 0 amide bonds. The van der Waals surface area contributed by atoms with E-state index in [-0.39, 0.29) is 43.5 Å². The molecule has 2 atom stereocenters. The van der Waals surface area contributed by atoms with Crippen LogP contribution in [0.25, 0.3) is 11.3 Å². The fourth-order valence-corrected chi connectivity index (χ4v) is 7.48. The van der Waals surface area contributed by atoms with Crippen LogP contribution in [0.1, 0.15) is 94.6 Å². The molecule has 0 unspecified atom stereocenters. The Morgan fingerprint density at radius 2 is 1.37 bits per heavy atom. The number of aromatic nitrogens is 6. The summed E-state index contributed by atoms with van der Waals surface area (Å²) in [5.74, 6) is -0.689. The Hall–Kier alpha value is -5.55. The molecule has 0 aliphatic carbocycles. The van der Waals surface area contributed by atoms with Crippen LogP contribution in [0.3, 0.4) is 0 Å². The summed E-state index contributed by atoms with van der Waals surface area (Å²) in [6.07, 6.45) is 11.3. The first-order valence-corrected chi connectivity index (χ1v) is 20.0. The molecule has 0 bridgehead atoms. The molecule has 2 fully saturated rings. The summed E-state index contributed by atoms with van der Waals surface area (Å²) in [5, 5.41) is 30.1. The smallest absolute Gasteiger partial charge is 0.343 e. The fraction of sp³-hybridized carbons (Fsp3) is 0.381. The van der Waals surface area contributed by atoms with Crippen molar-refractivity contribution in [1.82, 2.24) is 34.5 Å². The number of benzene rings is 2. The summed E-state index contributed by atoms with van der Waals surface area (Å²) >= 11 is 5.72. The van der Waals surface area contributed by atoms with E-state index in [1.165, 1.54) is 29.0 Å². The average molecular weight is 833 g/mol. The minimum absolute atomic E-state index is 0.00822. The van der Waals surface area contributed by atoms with Gasteiger partial charge in [0.2, 0.25) is 0 Å². The number of carbonyl (C=O) groups excluding carboxylic acids is 2. The third-order valence-corrected chi connectivity index (χ3v) is 10.2. The first kappa shape index (κ1) is 43.0. The number of esters is 2. The largest absolute Gasteiger partial charge is 0.462 e. The van der Waals surface area contributed by atoms with Gasteiger partial charge in [0.1, 0.15) is 33.7 Å². The number of carbonyl (C=O) groups is 2. The van der Waals surface area contributed by atoms with Gasteiger partial charge in [0.05, 0.1) is 31.6 Å². The summed E-state index contributed by atoms with van der Waals surface area (Å²) in [6.45, 7) is 5.98. The predicted octanol–water partition coefficient (Wildman–Crippen LogP) is 6.27. The number of aliphatic hydroxyl groups is 2. The molecule has 0 radical (unpaired) electrons. The number of fused-ring (bicyclic) bond motifs is 2. The second-order valence-corrected chi connectivity index (χ2v) is 14.2. The maximum absolute atomic E-state index is 14.0. The Morgan fingerprint density at radius 1 is 0.797 bits per heavy atom. The molecule has 0 saturated carbocycles. The fourth-order valence-electron chi connectivity index (χ4n) is 7.35. The molecule has 8 rings (SSSR count). The van der Waals surface area contributed by atoms with Crippen LogP contribution >= 0.6 is 11.6 Å². The monoisotopic (exact) mass is 832 g/mol. The minimum Gasteiger partial charge on any atom is -0.462 e. The van der Waals surface area contributed by atoms with Crippen LogP contribution < -0.4 is 10.2 Å². The molecule has 6 heterocycles. The van der Waals surface area contributed by atoms with Gasteiger partial charge in [0.25, 0.3) is 0 Å². The number of halogens is 3. The van der Waals surface area contributed by atoms with Crippen LogP contribution in [-0.4, -0.2) is 90.9 Å². The Labute approximate surface area is 344 Å². The minimum atomic E-state index is -0.458. The maximum Gasteiger partial charge on any atom is 0.343 e. The van der Waals surface area contributed by atoms with Crippen LogP contribution in [0.15, 0.2) is 73.3 Å². The highest BCUT2D eigenvalue weighted by Gasteiger charge is 2.30. The third-order valence-electron chi connectivity index (χ3n) is 10.0. The third kappa shape index (κ3) is 10.4. The van der Waals surface area contributed by atoms with Crippen molar-refractivity contribution in [1.29, 1.82) is 0 Å². The summed E-state index contributed by atoms with van der Waals surface area (Å²) in [6, 6.07) is 13.2. The molecule has 4 aromatic heterocycles. The average Bonchev–Trinajstić information content (AvgIpc) is 4.07. The topological polar surface area (TPSA) is 169 Å². The lowest BCUT2D eigenvalue weighted by molar-refractivity contribution is 0.0518. The number of hydrogen-bond donors (Lipinski definition) is 3. The van der Waals surface area contributed by atoms with Gasteiger partial charge in [-0.05, 0) is 118 Å². The summed E-state index contributed by atoms with van der Waals surface area (Å²) in [7, 11) is 0. The highest BCUT2D eigenvalue weighted by Crippen LogP contribution is 2.37. The predicted molar refractivity (Wildman–Crippen MR) is 217 cm³/mol. The molecule has 2 saturated heterocycles. The standard InChI is InChI=1S/C21H23FN4O3.C12H16FNO.C9H8ClN3O2/c1-2-29-21(28)17-13-23-26-10-7-19(24-20(17)26)25-9-3-4-18(25)16-12-15(22)6-5-14(16)8-11-27;13-10-4-3-9(5-7-15)11(8-10)12-2-1-6-14-12;1-2-15-9(14)6-5-11-13-4-3-7(10)12-8(6)13/h5-7,10,12-13,18,27H,2-4,8-9,11H2,1H3;3-4,8,12,14-15H,1-2,5-7H2;3-5H,2H2,1H3/t18-;12-;/m11./s1. The van der Waals surface area contributed by atoms with E-state index in [0.717, 1.165) is 61.0 Å². The lowest BCUT2D eigenvalue weighted by Crippen LogP contribution is -2.25. The van der Waals surface area contributed by atoms with Crippen molar-refractivity contribution in [3.8, 4) is 0 Å². The molecular formula is C42H47ClF2N8O6. The molecule has 17 heteroatoms. The molecule has 312 valence electrons. The van der Waals surface area contributed by atoms with Gasteiger partial charge < -0.3 is 29.9 Å². The molecule has 2 aliphatic rings. The van der Waals surface area contributed by atoms with Crippen LogP contribution in [0.4, 0.5) is 14.6 Å². The van der Waals surface area contributed by atoms with Crippen molar-refractivity contribution in [3.05, 3.63) is 123 Å². The number of hydrogen-bond acceptors (Lipinski definition) is 12. The molecule has 6 aromatic rings. The Balaban J connectivity index is 0.000000164. The normalized spacial score (nSPS) is 16.1. The summed E-state index contributed by atoms with van der Waals surface area (Å²) in [5.41, 5.74) is 5.35. The molecule has 0 spiro atoms. The SMILES string of the molecule is CCOC(=O)c1cnn2ccc(Cl)nc12.CCOC(=O)c1cnn2ccc(N3CCC[C@@H]3c3cc(F)ccc3CCO)nc12.OCCc1ccc(F)cc1[C@H]1CCCN1. The summed E-state index contributed by atoms with van der Waals surface area (Å²) in [4.78, 5) is 34.5. The molecule has 2 aliphatic heterocycles. The molecular weight excluding hydrogens is 786 g/mol. The van der Waals surface area contributed by atoms with Crippen molar-refractivity contribution in [2.75, 3.05) is 44.4 Å². The van der Waals surface area contributed by atoms with Gasteiger partial charge in [-0.1, -0.05) is 23.7 Å². The highest BCUT2D eigenvalue weighted by molar-refractivity contribution is 6.29. The van der Waals surface area contributed by atoms with Crippen molar-refractivity contribution in [2.45, 2.75) is 64.5 Å². The van der Waals surface area contributed by atoms with Gasteiger partial charge in [0, 0.05) is 38.2 Å². The first-order valence-electron chi connectivity index (χ1n) is 19.6. The first-order chi connectivity index (χ1) is 28.6. The zero-order valence-electron chi connectivity index (χ0n) is 32.9. The second kappa shape index (κ2) is 20.4. The van der Waals surface area contributed by atoms with Crippen molar-refractivity contribution in [2.24, 2.45) is 0 Å². The van der Waals surface area contributed by atoms with Crippen molar-refractivity contribution < 1.29 is 38.1 Å². The van der Waals surface area contributed by atoms with Gasteiger partial charge in [-0.15, -0.1) is 0 Å². The quantitative estimate of drug-likeness (QED) is 0.0991. The van der Waals surface area contributed by atoms with Gasteiger partial charge in [-0.25, -0.2) is 37.4 Å². The Morgan fingerprint density at radius 3 is 1.95 bits per heavy atom. The van der Waals surface area contributed by atoms with Crippen molar-refractivity contribution in [3.63, 3.8) is 0 Å². The molecule has 2 aromatic carbocycles. The van der Waals surface area contributed by atoms with Gasteiger partial charge >= 0.3 is 11.9 Å². The lowest BCUT2D eigenvalue weighted by Gasteiger charge is -2.28. The highest BCUT2D eigenvalue weighted by atomic mass is 35.5. The number of aliphatic hydroxyl groups excluding tert-OH is 2. The van der Waals surface area contributed by atoms with Crippen LogP contribution in [0.2, 0.25) is 5.15 Å². The van der Waals surface area contributed by atoms with Crippen LogP contribution in [0, 0.1) is 11.6 Å². The summed E-state index contributed by atoms with van der Waals surface area (Å²) < 4.78 is 40.1. The van der Waals surface area contributed by atoms with Gasteiger partial charge in [-0.3, -0.25) is 0 Å². The Bertz CT molecular complexity index is 2370. The molecule has 3 N–H and O–H groups in total. The van der Waals surface area contributed by atoms with Crippen LogP contribution in [-0.2, 0) is 22.3 Å². The number of anilines is 1. The van der Waals surface area contributed by atoms with E-state index in [4.69, 9.17) is 26.2 Å². The molecule has 14 nitrogen and oxygen atoms in total. The van der Waals surface area contributed by atoms with Crippen molar-refractivity contribution >= 4 is 40.7 Å². The van der Waals surface area contributed by atoms with Gasteiger partial charge in [0.15, 0.2) is 11.3 Å². The van der Waals surface area contributed by atoms with E-state index in [9.17, 15) is 23.5 Å². The van der Waals surface area contributed by atoms with E-state index in [2.05, 4.69) is 30.4 Å². The zero-order valence-corrected chi connectivity index (χ0v) is 33.6. The lowest BCUT2D eigenvalue weighted by atomic mass is 9.96. The number of nitrogens with one attached hydrogen (secondary N) is 1. The number of rotatable bonds is 11. The molecule has 59 heavy (non-hydrogen) atoms. The number of nitrogens with zero attached hydrogens (tertiary/aromatic N) is 7. The van der Waals surface area contributed by atoms with Crippen LogP contribution in [0.5, 0.6) is 0 Å². The Kier molecular flexibility index (Phi) is 14.9. The van der Waals surface area contributed by atoms with Gasteiger partial charge in [-0.2, -0.15) is 10.2 Å². The van der Waals surface area contributed by atoms with E-state index >= 15 is 0 Å². The van der Waals surface area contributed by atoms with E-state index in [0.29, 0.717) is 52.8 Å². The maximum atomic E-state index is 14.0. The number of ether oxygens (including phenoxy) is 2.